The van der Waals surface area contributed by atoms with Gasteiger partial charge in [0.2, 0.25) is 0 Å². The molecule has 48 heavy (non-hydrogen) atoms. The van der Waals surface area contributed by atoms with Gasteiger partial charge in [-0.3, -0.25) is 14.5 Å². The molecule has 3 saturated heterocycles. The van der Waals surface area contributed by atoms with E-state index in [4.69, 9.17) is 21.4 Å². The van der Waals surface area contributed by atoms with E-state index in [1.165, 1.54) is 42.1 Å². The number of amides is 1. The molecule has 4 heterocycles. The van der Waals surface area contributed by atoms with Crippen LogP contribution in [0.25, 0.3) is 11.0 Å². The zero-order valence-electron chi connectivity index (χ0n) is 27.6. The first kappa shape index (κ1) is 33.2. The predicted molar refractivity (Wildman–Crippen MR) is 188 cm³/mol. The number of nitrogens with zero attached hydrogens (tertiary/aromatic N) is 4. The molecule has 3 fully saturated rings. The lowest BCUT2D eigenvalue weighted by molar-refractivity contribution is 0.0607. The topological polar surface area (TPSA) is 96.8 Å². The highest BCUT2D eigenvalue weighted by Gasteiger charge is 2.44. The highest BCUT2D eigenvalue weighted by molar-refractivity contribution is 7.89. The van der Waals surface area contributed by atoms with Gasteiger partial charge >= 0.3 is 0 Å². The summed E-state index contributed by atoms with van der Waals surface area (Å²) in [5.74, 6) is 0.854. The van der Waals surface area contributed by atoms with Crippen LogP contribution in [-0.2, 0) is 20.3 Å². The zero-order valence-corrected chi connectivity index (χ0v) is 29.2. The van der Waals surface area contributed by atoms with Crippen LogP contribution in [0, 0.1) is 6.92 Å². The molecule has 2 bridgehead atoms. The minimum Gasteiger partial charge on any atom is -0.339 e. The van der Waals surface area contributed by atoms with Crippen LogP contribution < -0.4 is 4.89 Å². The first-order valence-corrected chi connectivity index (χ1v) is 19.0. The molecule has 9 nitrogen and oxygen atoms in total. The monoisotopic (exact) mass is 689 g/mol. The van der Waals surface area contributed by atoms with Gasteiger partial charge in [-0.25, -0.2) is 13.4 Å². The van der Waals surface area contributed by atoms with Gasteiger partial charge in [-0.1, -0.05) is 59.0 Å². The number of rotatable bonds is 10. The number of piperidine rings is 2. The van der Waals surface area contributed by atoms with E-state index in [2.05, 4.69) is 75.9 Å². The van der Waals surface area contributed by atoms with Crippen molar-refractivity contribution < 1.29 is 18.0 Å². The van der Waals surface area contributed by atoms with E-state index >= 15 is 0 Å². The van der Waals surface area contributed by atoms with E-state index in [9.17, 15) is 13.2 Å². The molecule has 0 radical (unpaired) electrons. The molecule has 7 rings (SSSR count). The number of carbonyl (C=O) groups is 1. The summed E-state index contributed by atoms with van der Waals surface area (Å²) in [7, 11) is -3.94. The van der Waals surface area contributed by atoms with Gasteiger partial charge in [-0.15, -0.1) is 0 Å². The molecule has 3 aromatic carbocycles. The number of carbonyl (C=O) groups excluding carboxylic acids is 1. The quantitative estimate of drug-likeness (QED) is 0.187. The van der Waals surface area contributed by atoms with Crippen molar-refractivity contribution in [2.45, 2.75) is 87.2 Å². The summed E-state index contributed by atoms with van der Waals surface area (Å²) >= 11 is 6.46. The number of benzene rings is 3. The Kier molecular flexibility index (Phi) is 9.38. The lowest BCUT2D eigenvalue weighted by Crippen LogP contribution is -2.49. The van der Waals surface area contributed by atoms with Crippen LogP contribution in [0.4, 0.5) is 0 Å². The van der Waals surface area contributed by atoms with E-state index in [1.54, 1.807) is 6.92 Å². The first-order valence-electron chi connectivity index (χ1n) is 17.2. The third kappa shape index (κ3) is 6.29. The van der Waals surface area contributed by atoms with E-state index in [0.29, 0.717) is 31.2 Å². The Hall–Kier alpha value is -3.28. The number of aromatic nitrogens is 2. The molecule has 0 aliphatic carbocycles. The van der Waals surface area contributed by atoms with Crippen LogP contribution in [0.3, 0.4) is 0 Å². The maximum absolute atomic E-state index is 13.8. The average Bonchev–Trinajstić information content (AvgIpc) is 3.56. The predicted octanol–water partition coefficient (Wildman–Crippen LogP) is 6.66. The first-order chi connectivity index (χ1) is 23.2. The smallest absolute Gasteiger partial charge is 0.262 e. The number of aryl methyl sites for hydroxylation is 1. The summed E-state index contributed by atoms with van der Waals surface area (Å²) in [6.07, 6.45) is 7.46. The molecule has 0 spiro atoms. The fourth-order valence-electron chi connectivity index (χ4n) is 8.59. The number of halogens is 1. The Balaban J connectivity index is 1.06. The standard InChI is InChI=1S/C37H44ClN5O4S/c1-3-47-40-48(45,46)31-15-16-33(38)32(25-31)36(44)41-20-17-37(18-21-41,27-9-5-4-6-10-27)19-22-42-28-13-14-29(42)24-30(23-28)43-26(2)39-34-11-7-8-12-35(34)43/h4-12,15-16,25,28-30,40H,3,13-14,17-24H2,1-2H3/t28-,29+,30?. The molecule has 1 aromatic heterocycles. The maximum Gasteiger partial charge on any atom is 0.262 e. The number of nitrogens with one attached hydrogen (secondary N) is 1. The van der Waals surface area contributed by atoms with Crippen molar-refractivity contribution >= 4 is 38.6 Å². The van der Waals surface area contributed by atoms with Crippen molar-refractivity contribution in [3.8, 4) is 0 Å². The van der Waals surface area contributed by atoms with Crippen molar-refractivity contribution in [2.24, 2.45) is 0 Å². The number of imidazole rings is 1. The lowest BCUT2D eigenvalue weighted by atomic mass is 9.70. The maximum atomic E-state index is 13.8. The largest absolute Gasteiger partial charge is 0.339 e. The van der Waals surface area contributed by atoms with Crippen LogP contribution in [0.15, 0.2) is 77.7 Å². The number of likely N-dealkylation sites (tertiary alicyclic amines) is 1. The Morgan fingerprint density at radius 2 is 1.67 bits per heavy atom. The van der Waals surface area contributed by atoms with Crippen molar-refractivity contribution in [3.05, 3.63) is 94.8 Å². The zero-order chi connectivity index (χ0) is 33.5. The van der Waals surface area contributed by atoms with Gasteiger partial charge in [-0.05, 0) is 107 Å². The summed E-state index contributed by atoms with van der Waals surface area (Å²) in [6, 6.07) is 25.0. The Morgan fingerprint density at radius 1 is 0.979 bits per heavy atom. The van der Waals surface area contributed by atoms with Gasteiger partial charge in [0.15, 0.2) is 0 Å². The number of sulfonamides is 1. The van der Waals surface area contributed by atoms with Gasteiger partial charge in [0.1, 0.15) is 5.82 Å². The van der Waals surface area contributed by atoms with E-state index < -0.39 is 10.0 Å². The van der Waals surface area contributed by atoms with Crippen LogP contribution in [0.5, 0.6) is 0 Å². The molecule has 254 valence electrons. The fourth-order valence-corrected chi connectivity index (χ4v) is 9.68. The fraction of sp³-hybridized carbons (Fsp3) is 0.459. The Morgan fingerprint density at radius 3 is 2.38 bits per heavy atom. The summed E-state index contributed by atoms with van der Waals surface area (Å²) in [4.78, 5) is 30.2. The Labute approximate surface area is 288 Å². The average molecular weight is 690 g/mol. The normalized spacial score (nSPS) is 22.7. The van der Waals surface area contributed by atoms with Crippen LogP contribution in [0.2, 0.25) is 5.02 Å². The van der Waals surface area contributed by atoms with Gasteiger partial charge < -0.3 is 9.47 Å². The van der Waals surface area contributed by atoms with E-state index in [-0.39, 0.29) is 33.4 Å². The van der Waals surface area contributed by atoms with Crippen molar-refractivity contribution in [2.75, 3.05) is 26.2 Å². The minimum atomic E-state index is -3.94. The molecular formula is C37H44ClN5O4S. The van der Waals surface area contributed by atoms with Crippen molar-refractivity contribution in [1.82, 2.24) is 24.2 Å². The lowest BCUT2D eigenvalue weighted by Gasteiger charge is -2.45. The van der Waals surface area contributed by atoms with Crippen molar-refractivity contribution in [1.29, 1.82) is 0 Å². The molecule has 1 N–H and O–H groups in total. The number of para-hydroxylation sites is 2. The summed E-state index contributed by atoms with van der Waals surface area (Å²) in [6.45, 7) is 6.18. The second-order valence-corrected chi connectivity index (χ2v) is 15.7. The third-order valence-corrected chi connectivity index (χ3v) is 12.6. The molecule has 3 aliphatic heterocycles. The molecule has 0 saturated carbocycles. The summed E-state index contributed by atoms with van der Waals surface area (Å²) in [5.41, 5.74) is 3.78. The molecule has 1 amide bonds. The third-order valence-electron chi connectivity index (χ3n) is 11.0. The second-order valence-electron chi connectivity index (χ2n) is 13.6. The van der Waals surface area contributed by atoms with Gasteiger partial charge in [0.05, 0.1) is 33.1 Å². The second kappa shape index (κ2) is 13.6. The van der Waals surface area contributed by atoms with E-state index in [0.717, 1.165) is 50.0 Å². The number of fused-ring (bicyclic) bond motifs is 3. The van der Waals surface area contributed by atoms with Crippen LogP contribution in [0.1, 0.15) is 79.7 Å². The van der Waals surface area contributed by atoms with Gasteiger partial charge in [0, 0.05) is 31.2 Å². The number of hydrogen-bond acceptors (Lipinski definition) is 6. The van der Waals surface area contributed by atoms with Crippen molar-refractivity contribution in [3.63, 3.8) is 0 Å². The highest BCUT2D eigenvalue weighted by Crippen LogP contribution is 2.45. The molecular weight excluding hydrogens is 646 g/mol. The van der Waals surface area contributed by atoms with Gasteiger partial charge in [-0.2, -0.15) is 0 Å². The summed E-state index contributed by atoms with van der Waals surface area (Å²) in [5, 5.41) is 0.230. The molecule has 3 atom stereocenters. The highest BCUT2D eigenvalue weighted by atomic mass is 35.5. The van der Waals surface area contributed by atoms with E-state index in [1.807, 2.05) is 4.90 Å². The molecule has 1 unspecified atom stereocenters. The number of hydrogen-bond donors (Lipinski definition) is 1. The Bertz CT molecular complexity index is 1880. The van der Waals surface area contributed by atoms with Crippen LogP contribution >= 0.6 is 11.6 Å². The van der Waals surface area contributed by atoms with Gasteiger partial charge in [0.25, 0.3) is 15.9 Å². The molecule has 4 aromatic rings. The SMILES string of the molecule is CCONS(=O)(=O)c1ccc(Cl)c(C(=O)N2CCC(CCN3[C@@H]4CC[C@H]3CC(n3c(C)nc5ccccc53)C4)(c3ccccc3)CC2)c1. The molecule has 11 heteroatoms. The summed E-state index contributed by atoms with van der Waals surface area (Å²) < 4.78 is 27.9. The van der Waals surface area contributed by atoms with Crippen LogP contribution in [-0.4, -0.2) is 72.0 Å². The minimum absolute atomic E-state index is 0.0537. The molecule has 3 aliphatic rings.